The number of carbonyl (C=O) groups excluding carboxylic acids is 2. The summed E-state index contributed by atoms with van der Waals surface area (Å²) in [6.07, 6.45) is -0.876. The number of nitrogens with zero attached hydrogens (tertiary/aromatic N) is 2. The van der Waals surface area contributed by atoms with Crippen molar-refractivity contribution < 1.29 is 19.5 Å². The smallest absolute Gasteiger partial charge is 0.437 e. The molecule has 10 heavy (non-hydrogen) atoms. The van der Waals surface area contributed by atoms with E-state index in [9.17, 15) is 14.4 Å². The monoisotopic (exact) mass is 145 g/mol. The van der Waals surface area contributed by atoms with E-state index in [0.717, 1.165) is 6.08 Å². The van der Waals surface area contributed by atoms with Crippen LogP contribution in [0.2, 0.25) is 0 Å². The van der Waals surface area contributed by atoms with Crippen LogP contribution >= 0.6 is 0 Å². The molecule has 0 saturated heterocycles. The summed E-state index contributed by atoms with van der Waals surface area (Å²) < 4.78 is 0. The topological polar surface area (TPSA) is 113 Å². The molecule has 0 rings (SSSR count). The maximum atomic E-state index is 10.0. The molecule has 0 fully saturated rings. The molecule has 0 aromatic rings. The second kappa shape index (κ2) is 3.21. The Bertz CT molecular complexity index is 189. The van der Waals surface area contributed by atoms with Crippen LogP contribution in [0.15, 0.2) is 5.10 Å². The number of urea groups is 1. The van der Waals surface area contributed by atoms with Crippen LogP contribution in [0, 0.1) is 0 Å². The summed E-state index contributed by atoms with van der Waals surface area (Å²) in [5, 5.41) is 10.3. The SMILES string of the molecule is NC(=O)N(N=C=O)C(=O)O. The minimum Gasteiger partial charge on any atom is -0.463 e. The van der Waals surface area contributed by atoms with Gasteiger partial charge in [-0.2, -0.15) is 0 Å². The van der Waals surface area contributed by atoms with E-state index < -0.39 is 12.1 Å². The van der Waals surface area contributed by atoms with Crippen LogP contribution in [0.1, 0.15) is 0 Å². The van der Waals surface area contributed by atoms with E-state index in [4.69, 9.17) is 5.11 Å². The van der Waals surface area contributed by atoms with Gasteiger partial charge in [-0.05, 0) is 0 Å². The largest absolute Gasteiger partial charge is 0.463 e. The van der Waals surface area contributed by atoms with E-state index in [1.165, 1.54) is 0 Å². The van der Waals surface area contributed by atoms with Crippen molar-refractivity contribution in [3.05, 3.63) is 0 Å². The summed E-state index contributed by atoms with van der Waals surface area (Å²) in [6.45, 7) is 0. The molecule has 0 aromatic carbocycles. The van der Waals surface area contributed by atoms with Crippen molar-refractivity contribution in [2.24, 2.45) is 10.8 Å². The van der Waals surface area contributed by atoms with E-state index in [0.29, 0.717) is 0 Å². The zero-order valence-corrected chi connectivity index (χ0v) is 4.64. The molecule has 0 aliphatic heterocycles. The van der Waals surface area contributed by atoms with Crippen molar-refractivity contribution in [3.63, 3.8) is 0 Å². The number of hydrogen-bond donors (Lipinski definition) is 2. The van der Waals surface area contributed by atoms with E-state index >= 15 is 0 Å². The van der Waals surface area contributed by atoms with Gasteiger partial charge in [-0.1, -0.05) is 5.10 Å². The third-order valence-corrected chi connectivity index (χ3v) is 0.531. The van der Waals surface area contributed by atoms with Crippen molar-refractivity contribution in [2.75, 3.05) is 0 Å². The first-order valence-corrected chi connectivity index (χ1v) is 2.00. The van der Waals surface area contributed by atoms with Gasteiger partial charge >= 0.3 is 12.1 Å². The Morgan fingerprint density at radius 1 is 1.60 bits per heavy atom. The lowest BCUT2D eigenvalue weighted by Gasteiger charge is -2.02. The number of amides is 3. The number of imide groups is 1. The van der Waals surface area contributed by atoms with E-state index in [2.05, 4.69) is 10.8 Å². The predicted octanol–water partition coefficient (Wildman–Crippen LogP) is -0.704. The lowest BCUT2D eigenvalue weighted by atomic mass is 10.9. The highest BCUT2D eigenvalue weighted by Crippen LogP contribution is 1.86. The molecule has 0 bridgehead atoms. The highest BCUT2D eigenvalue weighted by atomic mass is 16.4. The summed E-state index contributed by atoms with van der Waals surface area (Å²) in [4.78, 5) is 29.3. The average Bonchev–Trinajstić information content (AvgIpc) is 1.81. The molecule has 0 aliphatic rings. The minimum absolute atomic E-state index is 0.229. The molecule has 54 valence electrons. The van der Waals surface area contributed by atoms with Crippen molar-refractivity contribution in [2.45, 2.75) is 0 Å². The molecule has 0 radical (unpaired) electrons. The molecule has 7 nitrogen and oxygen atoms in total. The summed E-state index contributed by atoms with van der Waals surface area (Å²) in [5.41, 5.74) is 4.46. The number of isocyanates is 1. The summed E-state index contributed by atoms with van der Waals surface area (Å²) in [5.74, 6) is 0. The maximum Gasteiger partial charge on any atom is 0.437 e. The average molecular weight is 145 g/mol. The molecular weight excluding hydrogens is 142 g/mol. The molecular formula is C3H3N3O4. The van der Waals surface area contributed by atoms with Gasteiger partial charge in [0.25, 0.3) is 6.08 Å². The normalized spacial score (nSPS) is 7.60. The van der Waals surface area contributed by atoms with E-state index in [1.54, 1.807) is 0 Å². The third kappa shape index (κ3) is 1.93. The number of primary amides is 1. The molecule has 0 heterocycles. The van der Waals surface area contributed by atoms with Crippen molar-refractivity contribution in [1.82, 2.24) is 5.01 Å². The van der Waals surface area contributed by atoms with Gasteiger partial charge in [0.1, 0.15) is 0 Å². The zero-order valence-electron chi connectivity index (χ0n) is 4.64. The van der Waals surface area contributed by atoms with E-state index in [-0.39, 0.29) is 5.01 Å². The Kier molecular flexibility index (Phi) is 2.60. The van der Waals surface area contributed by atoms with Gasteiger partial charge in [0.05, 0.1) is 0 Å². The highest BCUT2D eigenvalue weighted by molar-refractivity contribution is 5.88. The first-order chi connectivity index (χ1) is 4.59. The van der Waals surface area contributed by atoms with Gasteiger partial charge in [0.2, 0.25) is 0 Å². The van der Waals surface area contributed by atoms with Crippen molar-refractivity contribution >= 4 is 18.2 Å². The second-order valence-electron chi connectivity index (χ2n) is 1.12. The first-order valence-electron chi connectivity index (χ1n) is 2.00. The fourth-order valence-electron chi connectivity index (χ4n) is 0.227. The lowest BCUT2D eigenvalue weighted by Crippen LogP contribution is -2.35. The number of rotatable bonds is 1. The molecule has 0 aliphatic carbocycles. The molecule has 3 amide bonds. The Morgan fingerprint density at radius 2 is 2.10 bits per heavy atom. The predicted molar refractivity (Wildman–Crippen MR) is 27.6 cm³/mol. The van der Waals surface area contributed by atoms with Crippen LogP contribution in [0.5, 0.6) is 0 Å². The van der Waals surface area contributed by atoms with Crippen molar-refractivity contribution in [1.29, 1.82) is 0 Å². The molecule has 0 unspecified atom stereocenters. The molecule has 0 spiro atoms. The summed E-state index contributed by atoms with van der Waals surface area (Å²) in [6, 6.07) is -1.35. The molecule has 7 heteroatoms. The minimum atomic E-state index is -1.73. The second-order valence-corrected chi connectivity index (χ2v) is 1.12. The fourth-order valence-corrected chi connectivity index (χ4v) is 0.227. The van der Waals surface area contributed by atoms with Gasteiger partial charge in [0, 0.05) is 0 Å². The Balaban J connectivity index is 4.41. The Morgan fingerprint density at radius 3 is 2.20 bits per heavy atom. The number of carbonyl (C=O) groups is 2. The molecule has 3 N–H and O–H groups in total. The molecule has 0 atom stereocenters. The van der Waals surface area contributed by atoms with Gasteiger partial charge in [-0.15, -0.1) is 5.01 Å². The van der Waals surface area contributed by atoms with Crippen LogP contribution in [0.4, 0.5) is 9.59 Å². The van der Waals surface area contributed by atoms with Crippen LogP contribution < -0.4 is 5.73 Å². The third-order valence-electron chi connectivity index (χ3n) is 0.531. The highest BCUT2D eigenvalue weighted by Gasteiger charge is 2.15. The quantitative estimate of drug-likeness (QED) is 0.288. The fraction of sp³-hybridized carbons (Fsp3) is 0. The Labute approximate surface area is 54.7 Å². The van der Waals surface area contributed by atoms with Crippen LogP contribution in [-0.2, 0) is 4.79 Å². The lowest BCUT2D eigenvalue weighted by molar-refractivity contribution is 0.152. The van der Waals surface area contributed by atoms with Crippen LogP contribution in [0.3, 0.4) is 0 Å². The Hall–Kier alpha value is -1.88. The van der Waals surface area contributed by atoms with Crippen LogP contribution in [0.25, 0.3) is 0 Å². The zero-order chi connectivity index (χ0) is 8.15. The van der Waals surface area contributed by atoms with E-state index in [1.807, 2.05) is 0 Å². The summed E-state index contributed by atoms with van der Waals surface area (Å²) in [7, 11) is 0. The number of carboxylic acid groups (broad SMARTS) is 1. The molecule has 0 aromatic heterocycles. The van der Waals surface area contributed by atoms with Gasteiger partial charge in [0.15, 0.2) is 0 Å². The molecule has 0 saturated carbocycles. The van der Waals surface area contributed by atoms with Crippen molar-refractivity contribution in [3.8, 4) is 0 Å². The van der Waals surface area contributed by atoms with Gasteiger partial charge < -0.3 is 10.8 Å². The number of nitrogens with two attached hydrogens (primary N) is 1. The number of hydrogen-bond acceptors (Lipinski definition) is 4. The summed E-state index contributed by atoms with van der Waals surface area (Å²) >= 11 is 0. The standard InChI is InChI=1S/C3H3N3O4/c4-2(8)6(3(9)10)5-1-7/h(H2,4,8)(H,9,10). The first kappa shape index (κ1) is 8.12. The number of hydrazone groups is 1. The van der Waals surface area contributed by atoms with Crippen LogP contribution in [-0.4, -0.2) is 28.3 Å². The van der Waals surface area contributed by atoms with Gasteiger partial charge in [-0.25, -0.2) is 14.4 Å². The maximum absolute atomic E-state index is 10.0. The van der Waals surface area contributed by atoms with Gasteiger partial charge in [-0.3, -0.25) is 0 Å².